The third-order valence-corrected chi connectivity index (χ3v) is 4.45. The number of nitrogens with zero attached hydrogens (tertiary/aromatic N) is 1. The maximum Gasteiger partial charge on any atom is 0.233 e. The SMILES string of the molecule is COCCN1C(=O)CSC1c1cc(OC)ccc1OC. The van der Waals surface area contributed by atoms with E-state index in [1.54, 1.807) is 33.1 Å². The van der Waals surface area contributed by atoms with Gasteiger partial charge in [0.2, 0.25) is 5.91 Å². The van der Waals surface area contributed by atoms with Gasteiger partial charge >= 0.3 is 0 Å². The molecule has 1 fully saturated rings. The summed E-state index contributed by atoms with van der Waals surface area (Å²) in [6.45, 7) is 1.10. The van der Waals surface area contributed by atoms with Gasteiger partial charge in [-0.2, -0.15) is 0 Å². The molecule has 0 N–H and O–H groups in total. The van der Waals surface area contributed by atoms with Crippen molar-refractivity contribution in [3.63, 3.8) is 0 Å². The lowest BCUT2D eigenvalue weighted by atomic mass is 10.1. The third kappa shape index (κ3) is 3.02. The van der Waals surface area contributed by atoms with Crippen LogP contribution in [0.2, 0.25) is 0 Å². The molecule has 1 heterocycles. The molecular formula is C14H19NO4S. The molecule has 1 aromatic rings. The van der Waals surface area contributed by atoms with Gasteiger partial charge in [-0.05, 0) is 18.2 Å². The van der Waals surface area contributed by atoms with Crippen molar-refractivity contribution in [2.45, 2.75) is 5.37 Å². The highest BCUT2D eigenvalue weighted by Crippen LogP contribution is 2.43. The largest absolute Gasteiger partial charge is 0.497 e. The van der Waals surface area contributed by atoms with Crippen LogP contribution in [-0.4, -0.2) is 51.0 Å². The first-order valence-electron chi connectivity index (χ1n) is 6.33. The van der Waals surface area contributed by atoms with Gasteiger partial charge in [-0.1, -0.05) is 0 Å². The second-order valence-electron chi connectivity index (χ2n) is 4.35. The maximum absolute atomic E-state index is 12.0. The van der Waals surface area contributed by atoms with E-state index in [0.29, 0.717) is 18.9 Å². The number of benzene rings is 1. The first-order valence-corrected chi connectivity index (χ1v) is 7.38. The van der Waals surface area contributed by atoms with Crippen molar-refractivity contribution in [3.8, 4) is 11.5 Å². The second kappa shape index (κ2) is 6.85. The van der Waals surface area contributed by atoms with Crippen molar-refractivity contribution in [1.82, 2.24) is 4.90 Å². The van der Waals surface area contributed by atoms with Crippen LogP contribution in [0.3, 0.4) is 0 Å². The standard InChI is InChI=1S/C14H19NO4S/c1-17-7-6-15-13(16)9-20-14(15)11-8-10(18-2)4-5-12(11)19-3/h4-5,8,14H,6-7,9H2,1-3H3. The van der Waals surface area contributed by atoms with Crippen LogP contribution in [0, 0.1) is 0 Å². The van der Waals surface area contributed by atoms with E-state index in [2.05, 4.69) is 0 Å². The quantitative estimate of drug-likeness (QED) is 0.803. The summed E-state index contributed by atoms with van der Waals surface area (Å²) in [7, 11) is 4.89. The fourth-order valence-electron chi connectivity index (χ4n) is 2.18. The van der Waals surface area contributed by atoms with Crippen LogP contribution in [-0.2, 0) is 9.53 Å². The summed E-state index contributed by atoms with van der Waals surface area (Å²) < 4.78 is 15.8. The highest BCUT2D eigenvalue weighted by molar-refractivity contribution is 8.00. The third-order valence-electron chi connectivity index (χ3n) is 3.21. The van der Waals surface area contributed by atoms with Crippen LogP contribution in [0.5, 0.6) is 11.5 Å². The molecule has 1 aliphatic rings. The Labute approximate surface area is 123 Å². The van der Waals surface area contributed by atoms with E-state index in [-0.39, 0.29) is 11.3 Å². The normalized spacial score (nSPS) is 18.4. The number of rotatable bonds is 6. The zero-order chi connectivity index (χ0) is 14.5. The van der Waals surface area contributed by atoms with Crippen LogP contribution < -0.4 is 9.47 Å². The van der Waals surface area contributed by atoms with E-state index >= 15 is 0 Å². The summed E-state index contributed by atoms with van der Waals surface area (Å²) in [5.74, 6) is 2.13. The lowest BCUT2D eigenvalue weighted by Crippen LogP contribution is -2.31. The smallest absolute Gasteiger partial charge is 0.233 e. The summed E-state index contributed by atoms with van der Waals surface area (Å²) in [5.41, 5.74) is 0.957. The fourth-order valence-corrected chi connectivity index (χ4v) is 3.41. The van der Waals surface area contributed by atoms with Crippen LogP contribution in [0.25, 0.3) is 0 Å². The fraction of sp³-hybridized carbons (Fsp3) is 0.500. The average Bonchev–Trinajstić information content (AvgIpc) is 2.85. The van der Waals surface area contributed by atoms with Crippen LogP contribution >= 0.6 is 11.8 Å². The zero-order valence-corrected chi connectivity index (χ0v) is 12.7. The molecule has 0 bridgehead atoms. The van der Waals surface area contributed by atoms with Gasteiger partial charge in [-0.3, -0.25) is 4.79 Å². The van der Waals surface area contributed by atoms with E-state index in [9.17, 15) is 4.79 Å². The lowest BCUT2D eigenvalue weighted by molar-refractivity contribution is -0.128. The molecule has 0 aliphatic carbocycles. The molecule has 110 valence electrons. The van der Waals surface area contributed by atoms with Gasteiger partial charge in [0.1, 0.15) is 16.9 Å². The molecule has 0 aromatic heterocycles. The van der Waals surface area contributed by atoms with Gasteiger partial charge < -0.3 is 19.1 Å². The molecule has 1 saturated heterocycles. The molecular weight excluding hydrogens is 278 g/mol. The molecule has 2 rings (SSSR count). The number of hydrogen-bond acceptors (Lipinski definition) is 5. The topological polar surface area (TPSA) is 48.0 Å². The minimum atomic E-state index is -0.0531. The Morgan fingerprint density at radius 3 is 2.75 bits per heavy atom. The van der Waals surface area contributed by atoms with Gasteiger partial charge in [0, 0.05) is 19.2 Å². The molecule has 20 heavy (non-hydrogen) atoms. The number of hydrogen-bond donors (Lipinski definition) is 0. The van der Waals surface area contributed by atoms with Gasteiger partial charge in [-0.15, -0.1) is 11.8 Å². The van der Waals surface area contributed by atoms with E-state index in [1.165, 1.54) is 0 Å². The Bertz CT molecular complexity index is 480. The molecule has 5 nitrogen and oxygen atoms in total. The van der Waals surface area contributed by atoms with Crippen LogP contribution in [0.15, 0.2) is 18.2 Å². The van der Waals surface area contributed by atoms with E-state index < -0.39 is 0 Å². The molecule has 6 heteroatoms. The maximum atomic E-state index is 12.0. The number of ether oxygens (including phenoxy) is 3. The predicted molar refractivity (Wildman–Crippen MR) is 78.3 cm³/mol. The van der Waals surface area contributed by atoms with Gasteiger partial charge in [0.05, 0.1) is 26.6 Å². The lowest BCUT2D eigenvalue weighted by Gasteiger charge is -2.25. The van der Waals surface area contributed by atoms with Crippen molar-refractivity contribution < 1.29 is 19.0 Å². The average molecular weight is 297 g/mol. The number of thioether (sulfide) groups is 1. The Kier molecular flexibility index (Phi) is 5.14. The molecule has 1 unspecified atom stereocenters. The van der Waals surface area contributed by atoms with Crippen molar-refractivity contribution in [2.75, 3.05) is 40.2 Å². The number of carbonyl (C=O) groups excluding carboxylic acids is 1. The zero-order valence-electron chi connectivity index (χ0n) is 11.9. The first-order chi connectivity index (χ1) is 9.71. The minimum absolute atomic E-state index is 0.0531. The Balaban J connectivity index is 2.30. The second-order valence-corrected chi connectivity index (χ2v) is 5.42. The Morgan fingerprint density at radius 1 is 1.30 bits per heavy atom. The number of methoxy groups -OCH3 is 3. The Hall–Kier alpha value is -1.40. The van der Waals surface area contributed by atoms with Crippen molar-refractivity contribution in [3.05, 3.63) is 23.8 Å². The van der Waals surface area contributed by atoms with Crippen LogP contribution in [0.4, 0.5) is 0 Å². The molecule has 0 saturated carbocycles. The molecule has 0 radical (unpaired) electrons. The highest BCUT2D eigenvalue weighted by atomic mass is 32.2. The number of amides is 1. The molecule has 1 aromatic carbocycles. The van der Waals surface area contributed by atoms with Gasteiger partial charge in [0.25, 0.3) is 0 Å². The van der Waals surface area contributed by atoms with Crippen molar-refractivity contribution in [2.24, 2.45) is 0 Å². The minimum Gasteiger partial charge on any atom is -0.497 e. The molecule has 1 atom stereocenters. The van der Waals surface area contributed by atoms with Crippen molar-refractivity contribution in [1.29, 1.82) is 0 Å². The van der Waals surface area contributed by atoms with Gasteiger partial charge in [0.15, 0.2) is 0 Å². The van der Waals surface area contributed by atoms with E-state index in [4.69, 9.17) is 14.2 Å². The summed E-state index contributed by atoms with van der Waals surface area (Å²) in [4.78, 5) is 13.8. The van der Waals surface area contributed by atoms with Gasteiger partial charge in [-0.25, -0.2) is 0 Å². The highest BCUT2D eigenvalue weighted by Gasteiger charge is 2.34. The molecule has 1 amide bonds. The van der Waals surface area contributed by atoms with Crippen LogP contribution in [0.1, 0.15) is 10.9 Å². The molecule has 1 aliphatic heterocycles. The predicted octanol–water partition coefficient (Wildman–Crippen LogP) is 1.92. The first kappa shape index (κ1) is 15.0. The summed E-state index contributed by atoms with van der Waals surface area (Å²) in [6.07, 6.45) is 0. The number of carbonyl (C=O) groups is 1. The Morgan fingerprint density at radius 2 is 2.10 bits per heavy atom. The summed E-state index contributed by atoms with van der Waals surface area (Å²) >= 11 is 1.60. The van der Waals surface area contributed by atoms with E-state index in [0.717, 1.165) is 17.1 Å². The summed E-state index contributed by atoms with van der Waals surface area (Å²) in [6, 6.07) is 5.64. The van der Waals surface area contributed by atoms with E-state index in [1.807, 2.05) is 23.1 Å². The monoisotopic (exact) mass is 297 g/mol. The van der Waals surface area contributed by atoms with Crippen molar-refractivity contribution >= 4 is 17.7 Å². The molecule has 0 spiro atoms. The summed E-state index contributed by atoms with van der Waals surface area (Å²) in [5, 5.41) is -0.0531.